The summed E-state index contributed by atoms with van der Waals surface area (Å²) in [5.41, 5.74) is 0. The minimum absolute atomic E-state index is 0.0465. The van der Waals surface area contributed by atoms with E-state index >= 15 is 0 Å². The van der Waals surface area contributed by atoms with Gasteiger partial charge in [0, 0.05) is 13.0 Å². The number of ether oxygens (including phenoxy) is 2. The standard InChI is InChI=1S/C48H91O9P/c1-3-5-7-9-11-13-15-17-19-21-22-23-25-27-29-31-33-35-37-39-41-54-44-47(45-56-58(52,53)55-43-46(50)42-49)57-48(51)40-38-36-34-32-30-28-26-24-20-18-16-14-12-10-8-6-4-2/h12,14,17-20,46-47,49-50H,3-11,13,15-16,21-45H2,1-2H3,(H,52,53)/b14-12-,19-17-,20-18-. The topological polar surface area (TPSA) is 132 Å². The lowest BCUT2D eigenvalue weighted by Crippen LogP contribution is -2.29. The second kappa shape index (κ2) is 45.2. The summed E-state index contributed by atoms with van der Waals surface area (Å²) in [6.45, 7) is 3.50. The summed E-state index contributed by atoms with van der Waals surface area (Å²) < 4.78 is 33.5. The molecule has 0 fully saturated rings. The Morgan fingerprint density at radius 1 is 0.534 bits per heavy atom. The predicted molar refractivity (Wildman–Crippen MR) is 242 cm³/mol. The van der Waals surface area contributed by atoms with Crippen molar-refractivity contribution < 1.29 is 43.0 Å². The molecule has 342 valence electrons. The lowest BCUT2D eigenvalue weighted by Gasteiger charge is -2.20. The summed E-state index contributed by atoms with van der Waals surface area (Å²) in [7, 11) is -4.52. The van der Waals surface area contributed by atoms with E-state index in [1.165, 1.54) is 141 Å². The molecule has 0 bridgehead atoms. The van der Waals surface area contributed by atoms with Crippen molar-refractivity contribution in [1.82, 2.24) is 0 Å². The fraction of sp³-hybridized carbons (Fsp3) is 0.854. The van der Waals surface area contributed by atoms with Gasteiger partial charge in [0.25, 0.3) is 0 Å². The van der Waals surface area contributed by atoms with Crippen LogP contribution in [0.1, 0.15) is 219 Å². The van der Waals surface area contributed by atoms with Crippen molar-refractivity contribution in [3.63, 3.8) is 0 Å². The normalized spacial score (nSPS) is 14.2. The molecule has 0 amide bonds. The molecule has 0 rings (SSSR count). The number of aliphatic hydroxyl groups excluding tert-OH is 2. The highest BCUT2D eigenvalue weighted by atomic mass is 31.2. The van der Waals surface area contributed by atoms with Crippen molar-refractivity contribution in [3.05, 3.63) is 36.5 Å². The van der Waals surface area contributed by atoms with Crippen LogP contribution in [0, 0.1) is 0 Å². The first-order valence-corrected chi connectivity index (χ1v) is 25.5. The quantitative estimate of drug-likeness (QED) is 0.0237. The van der Waals surface area contributed by atoms with Gasteiger partial charge in [0.1, 0.15) is 12.2 Å². The van der Waals surface area contributed by atoms with E-state index in [2.05, 4.69) is 50.3 Å². The van der Waals surface area contributed by atoms with Gasteiger partial charge >= 0.3 is 13.8 Å². The molecule has 0 aliphatic carbocycles. The first-order chi connectivity index (χ1) is 28.3. The summed E-state index contributed by atoms with van der Waals surface area (Å²) in [6, 6.07) is 0. The van der Waals surface area contributed by atoms with E-state index in [-0.39, 0.29) is 25.6 Å². The molecule has 0 aromatic heterocycles. The second-order valence-electron chi connectivity index (χ2n) is 16.1. The zero-order valence-electron chi connectivity index (χ0n) is 37.5. The number of carbonyl (C=O) groups is 1. The van der Waals surface area contributed by atoms with E-state index in [1.54, 1.807) is 0 Å². The van der Waals surface area contributed by atoms with Gasteiger partial charge in [-0.15, -0.1) is 0 Å². The monoisotopic (exact) mass is 843 g/mol. The molecule has 3 atom stereocenters. The van der Waals surface area contributed by atoms with E-state index in [9.17, 15) is 19.4 Å². The number of aliphatic hydroxyl groups is 2. The van der Waals surface area contributed by atoms with Crippen LogP contribution in [0.2, 0.25) is 0 Å². The van der Waals surface area contributed by atoms with Crippen molar-refractivity contribution in [3.8, 4) is 0 Å². The van der Waals surface area contributed by atoms with Crippen molar-refractivity contribution in [2.24, 2.45) is 0 Å². The molecular formula is C48H91O9P. The Balaban J connectivity index is 4.11. The summed E-state index contributed by atoms with van der Waals surface area (Å²) in [6.07, 6.45) is 49.6. The van der Waals surface area contributed by atoms with Gasteiger partial charge in [-0.2, -0.15) is 0 Å². The average molecular weight is 843 g/mol. The van der Waals surface area contributed by atoms with Crippen LogP contribution in [0.3, 0.4) is 0 Å². The number of hydrogen-bond donors (Lipinski definition) is 3. The molecule has 0 aliphatic heterocycles. The molecule has 10 heteroatoms. The third-order valence-corrected chi connectivity index (χ3v) is 11.2. The molecule has 0 aromatic carbocycles. The molecule has 9 nitrogen and oxygen atoms in total. The van der Waals surface area contributed by atoms with Gasteiger partial charge < -0.3 is 24.6 Å². The minimum atomic E-state index is -4.52. The van der Waals surface area contributed by atoms with E-state index in [0.29, 0.717) is 6.61 Å². The van der Waals surface area contributed by atoms with E-state index in [4.69, 9.17) is 23.6 Å². The van der Waals surface area contributed by atoms with Crippen LogP contribution in [-0.2, 0) is 27.9 Å². The van der Waals surface area contributed by atoms with E-state index in [1.807, 2.05) is 0 Å². The number of hydrogen-bond acceptors (Lipinski definition) is 8. The molecule has 0 heterocycles. The van der Waals surface area contributed by atoms with Gasteiger partial charge in [0.2, 0.25) is 0 Å². The number of unbranched alkanes of at least 4 members (excludes halogenated alkanes) is 26. The van der Waals surface area contributed by atoms with E-state index < -0.39 is 33.2 Å². The zero-order valence-corrected chi connectivity index (χ0v) is 38.4. The fourth-order valence-corrected chi connectivity index (χ4v) is 7.41. The third kappa shape index (κ3) is 44.2. The molecule has 3 unspecified atom stereocenters. The Morgan fingerprint density at radius 3 is 1.43 bits per heavy atom. The van der Waals surface area contributed by atoms with Gasteiger partial charge in [-0.1, -0.05) is 179 Å². The van der Waals surface area contributed by atoms with Crippen molar-refractivity contribution in [1.29, 1.82) is 0 Å². The van der Waals surface area contributed by atoms with Gasteiger partial charge in [-0.05, 0) is 70.6 Å². The average Bonchev–Trinajstić information content (AvgIpc) is 3.21. The van der Waals surface area contributed by atoms with Crippen molar-refractivity contribution in [2.75, 3.05) is 33.0 Å². The summed E-state index contributed by atoms with van der Waals surface area (Å²) >= 11 is 0. The van der Waals surface area contributed by atoms with E-state index in [0.717, 1.165) is 57.8 Å². The zero-order chi connectivity index (χ0) is 42.5. The Bertz CT molecular complexity index is 1000. The van der Waals surface area contributed by atoms with Crippen LogP contribution in [-0.4, -0.2) is 66.3 Å². The number of phosphoric acid groups is 1. The van der Waals surface area contributed by atoms with Gasteiger partial charge in [-0.25, -0.2) is 4.57 Å². The molecule has 0 aromatic rings. The molecule has 0 saturated carbocycles. The summed E-state index contributed by atoms with van der Waals surface area (Å²) in [5.74, 6) is -0.389. The maximum Gasteiger partial charge on any atom is 0.472 e. The highest BCUT2D eigenvalue weighted by Gasteiger charge is 2.26. The minimum Gasteiger partial charge on any atom is -0.457 e. The van der Waals surface area contributed by atoms with Crippen molar-refractivity contribution >= 4 is 13.8 Å². The lowest BCUT2D eigenvalue weighted by atomic mass is 10.1. The Labute approximate surface area is 356 Å². The maximum atomic E-state index is 12.6. The lowest BCUT2D eigenvalue weighted by molar-refractivity contribution is -0.154. The fourth-order valence-electron chi connectivity index (χ4n) is 6.62. The molecule has 0 saturated heterocycles. The number of carbonyl (C=O) groups excluding carboxylic acids is 1. The smallest absolute Gasteiger partial charge is 0.457 e. The molecule has 0 aliphatic rings. The van der Waals surface area contributed by atoms with Crippen LogP contribution < -0.4 is 0 Å². The first kappa shape index (κ1) is 56.7. The Morgan fingerprint density at radius 2 is 0.931 bits per heavy atom. The molecule has 58 heavy (non-hydrogen) atoms. The Kier molecular flexibility index (Phi) is 44.2. The number of allylic oxidation sites excluding steroid dienone is 6. The van der Waals surface area contributed by atoms with Gasteiger partial charge in [0.05, 0.1) is 26.4 Å². The van der Waals surface area contributed by atoms with Gasteiger partial charge in [-0.3, -0.25) is 13.8 Å². The largest absolute Gasteiger partial charge is 0.472 e. The summed E-state index contributed by atoms with van der Waals surface area (Å²) in [5, 5.41) is 18.4. The number of esters is 1. The number of rotatable bonds is 46. The van der Waals surface area contributed by atoms with Crippen LogP contribution in [0.25, 0.3) is 0 Å². The molecule has 0 spiro atoms. The molecular weight excluding hydrogens is 751 g/mol. The SMILES string of the molecule is CCCCC/C=C\C/C=C\CCCCCCCCCC(=O)OC(COCCCCCCCCCCCC/C=C\CCCCCCCC)COP(=O)(O)OCC(O)CO. The molecule has 3 N–H and O–H groups in total. The van der Waals surface area contributed by atoms with Crippen LogP contribution in [0.5, 0.6) is 0 Å². The van der Waals surface area contributed by atoms with Gasteiger partial charge in [0.15, 0.2) is 0 Å². The third-order valence-electron chi connectivity index (χ3n) is 10.3. The maximum absolute atomic E-state index is 12.6. The second-order valence-corrected chi connectivity index (χ2v) is 17.6. The van der Waals surface area contributed by atoms with Crippen LogP contribution in [0.15, 0.2) is 36.5 Å². The van der Waals surface area contributed by atoms with Crippen LogP contribution >= 0.6 is 7.82 Å². The highest BCUT2D eigenvalue weighted by Crippen LogP contribution is 2.43. The van der Waals surface area contributed by atoms with Crippen LogP contribution in [0.4, 0.5) is 0 Å². The predicted octanol–water partition coefficient (Wildman–Crippen LogP) is 13.6. The Hall–Kier alpha value is -1.32. The summed E-state index contributed by atoms with van der Waals surface area (Å²) in [4.78, 5) is 22.6. The number of phosphoric ester groups is 1. The molecule has 0 radical (unpaired) electrons. The first-order valence-electron chi connectivity index (χ1n) is 24.0. The van der Waals surface area contributed by atoms with Crippen molar-refractivity contribution in [2.45, 2.75) is 232 Å². The highest BCUT2D eigenvalue weighted by molar-refractivity contribution is 7.47.